The Balaban J connectivity index is 1.60. The van der Waals surface area contributed by atoms with Crippen molar-refractivity contribution in [2.75, 3.05) is 6.61 Å². The summed E-state index contributed by atoms with van der Waals surface area (Å²) in [5, 5.41) is 4.26. The van der Waals surface area contributed by atoms with Gasteiger partial charge in [-0.3, -0.25) is 4.79 Å². The van der Waals surface area contributed by atoms with Crippen LogP contribution in [-0.4, -0.2) is 40.5 Å². The average Bonchev–Trinajstić information content (AvgIpc) is 3.26. The highest BCUT2D eigenvalue weighted by molar-refractivity contribution is 5.95. The van der Waals surface area contributed by atoms with Gasteiger partial charge in [0.05, 0.1) is 11.8 Å². The van der Waals surface area contributed by atoms with E-state index < -0.39 is 11.9 Å². The lowest BCUT2D eigenvalue weighted by Gasteiger charge is -2.52. The summed E-state index contributed by atoms with van der Waals surface area (Å²) in [6.07, 6.45) is 0.793. The topological polar surface area (TPSA) is 96.4 Å². The molecular formula is C19H21N3O4. The summed E-state index contributed by atoms with van der Waals surface area (Å²) >= 11 is 0. The molecule has 4 rings (SSSR count). The third kappa shape index (κ3) is 2.50. The van der Waals surface area contributed by atoms with E-state index in [1.807, 2.05) is 32.0 Å². The number of nitrogens with two attached hydrogens (primary N) is 1. The number of nitrogens with zero attached hydrogens (tertiary/aromatic N) is 2. The van der Waals surface area contributed by atoms with Crippen LogP contribution in [0.25, 0.3) is 5.69 Å². The molecule has 0 bridgehead atoms. The smallest absolute Gasteiger partial charge is 0.359 e. The first-order valence-corrected chi connectivity index (χ1v) is 8.67. The first-order chi connectivity index (χ1) is 12.4. The molecule has 1 aliphatic heterocycles. The van der Waals surface area contributed by atoms with E-state index in [4.69, 9.17) is 15.2 Å². The number of benzene rings is 1. The largest absolute Gasteiger partial charge is 0.457 e. The predicted octanol–water partition coefficient (Wildman–Crippen LogP) is 1.94. The van der Waals surface area contributed by atoms with Crippen LogP contribution in [0, 0.1) is 11.3 Å². The van der Waals surface area contributed by atoms with E-state index in [1.54, 1.807) is 12.1 Å². The number of carbonyl (C=O) groups excluding carboxylic acids is 2. The van der Waals surface area contributed by atoms with E-state index in [0.29, 0.717) is 12.3 Å². The van der Waals surface area contributed by atoms with Crippen LogP contribution in [-0.2, 0) is 9.47 Å². The predicted molar refractivity (Wildman–Crippen MR) is 92.9 cm³/mol. The molecule has 0 radical (unpaired) electrons. The highest BCUT2D eigenvalue weighted by atomic mass is 16.6. The molecule has 1 aliphatic carbocycles. The van der Waals surface area contributed by atoms with Gasteiger partial charge in [-0.1, -0.05) is 32.0 Å². The number of hydrogen-bond donors (Lipinski definition) is 1. The Hall–Kier alpha value is -2.67. The number of esters is 1. The first-order valence-electron chi connectivity index (χ1n) is 8.67. The third-order valence-corrected chi connectivity index (χ3v) is 5.40. The maximum absolute atomic E-state index is 12.7. The molecule has 2 fully saturated rings. The van der Waals surface area contributed by atoms with Gasteiger partial charge in [0.2, 0.25) is 0 Å². The highest BCUT2D eigenvalue weighted by Gasteiger charge is 2.61. The van der Waals surface area contributed by atoms with Crippen LogP contribution in [0.2, 0.25) is 0 Å². The fourth-order valence-corrected chi connectivity index (χ4v) is 4.12. The zero-order valence-corrected chi connectivity index (χ0v) is 14.7. The Kier molecular flexibility index (Phi) is 3.84. The molecule has 7 nitrogen and oxygen atoms in total. The zero-order valence-electron chi connectivity index (χ0n) is 14.7. The van der Waals surface area contributed by atoms with E-state index in [9.17, 15) is 9.59 Å². The van der Waals surface area contributed by atoms with E-state index >= 15 is 0 Å². The fourth-order valence-electron chi connectivity index (χ4n) is 4.12. The van der Waals surface area contributed by atoms with Crippen molar-refractivity contribution < 1.29 is 19.1 Å². The molecule has 2 heterocycles. The number of carbonyl (C=O) groups is 2. The molecular weight excluding hydrogens is 334 g/mol. The number of hydrogen-bond acceptors (Lipinski definition) is 5. The third-order valence-electron chi connectivity index (χ3n) is 5.40. The zero-order chi connectivity index (χ0) is 18.5. The van der Waals surface area contributed by atoms with Crippen LogP contribution in [0.5, 0.6) is 0 Å². The number of ether oxygens (including phenoxy) is 2. The Labute approximate surface area is 151 Å². The minimum absolute atomic E-state index is 0.0702. The van der Waals surface area contributed by atoms with Gasteiger partial charge in [0.15, 0.2) is 5.69 Å². The SMILES string of the molecule is CC1(C)[C@@H]2OCC[C@H]2[C@H]1OC(=O)c1cc(C(N)=O)n(-c2ccccc2)n1. The molecule has 26 heavy (non-hydrogen) atoms. The fraction of sp³-hybridized carbons (Fsp3) is 0.421. The lowest BCUT2D eigenvalue weighted by atomic mass is 9.59. The van der Waals surface area contributed by atoms with Crippen molar-refractivity contribution in [1.82, 2.24) is 9.78 Å². The van der Waals surface area contributed by atoms with Crippen molar-refractivity contribution >= 4 is 11.9 Å². The number of primary amides is 1. The van der Waals surface area contributed by atoms with Crippen molar-refractivity contribution in [3.63, 3.8) is 0 Å². The van der Waals surface area contributed by atoms with E-state index in [0.717, 1.165) is 6.42 Å². The summed E-state index contributed by atoms with van der Waals surface area (Å²) in [6, 6.07) is 10.4. The second-order valence-electron chi connectivity index (χ2n) is 7.42. The molecule has 0 spiro atoms. The van der Waals surface area contributed by atoms with Crippen molar-refractivity contribution in [3.05, 3.63) is 47.8 Å². The van der Waals surface area contributed by atoms with Gasteiger partial charge < -0.3 is 15.2 Å². The van der Waals surface area contributed by atoms with Gasteiger partial charge >= 0.3 is 5.97 Å². The quantitative estimate of drug-likeness (QED) is 0.846. The number of amides is 1. The molecule has 1 aromatic heterocycles. The summed E-state index contributed by atoms with van der Waals surface area (Å²) < 4.78 is 12.8. The molecule has 2 aromatic rings. The van der Waals surface area contributed by atoms with Gasteiger partial charge in [-0.05, 0) is 18.6 Å². The average molecular weight is 355 g/mol. The summed E-state index contributed by atoms with van der Waals surface area (Å²) in [5.41, 5.74) is 6.07. The van der Waals surface area contributed by atoms with Crippen LogP contribution >= 0.6 is 0 Å². The van der Waals surface area contributed by atoms with E-state index in [1.165, 1.54) is 10.7 Å². The van der Waals surface area contributed by atoms with Gasteiger partial charge in [-0.2, -0.15) is 5.10 Å². The molecule has 0 unspecified atom stereocenters. The maximum atomic E-state index is 12.7. The molecule has 3 atom stereocenters. The Morgan fingerprint density at radius 2 is 2.04 bits per heavy atom. The lowest BCUT2D eigenvalue weighted by molar-refractivity contribution is -0.183. The summed E-state index contributed by atoms with van der Waals surface area (Å²) in [5.74, 6) is -0.986. The molecule has 7 heteroatoms. The normalized spacial score (nSPS) is 26.0. The van der Waals surface area contributed by atoms with Crippen molar-refractivity contribution in [2.45, 2.75) is 32.5 Å². The number of aromatic nitrogens is 2. The molecule has 136 valence electrons. The van der Waals surface area contributed by atoms with Gasteiger partial charge in [-0.25, -0.2) is 9.48 Å². The van der Waals surface area contributed by atoms with Crippen molar-refractivity contribution in [3.8, 4) is 5.69 Å². The highest BCUT2D eigenvalue weighted by Crippen LogP contribution is 2.53. The standard InChI is InChI=1S/C19H21N3O4/c1-19(2)15-12(8-9-25-15)16(19)26-18(24)13-10-14(17(20)23)22(21-13)11-6-4-3-5-7-11/h3-7,10,12,15-16H,8-9H2,1-2H3,(H2,20,23)/t12-,15-,16-/m1/s1. The first kappa shape index (κ1) is 16.8. The van der Waals surface area contributed by atoms with Crippen LogP contribution in [0.3, 0.4) is 0 Å². The molecule has 1 amide bonds. The number of fused-ring (bicyclic) bond motifs is 1. The van der Waals surface area contributed by atoms with Crippen LogP contribution < -0.4 is 5.73 Å². The Morgan fingerprint density at radius 3 is 2.73 bits per heavy atom. The van der Waals surface area contributed by atoms with Gasteiger partial charge in [0, 0.05) is 24.0 Å². The van der Waals surface area contributed by atoms with Crippen LogP contribution in [0.1, 0.15) is 41.2 Å². The van der Waals surface area contributed by atoms with Gasteiger partial charge in [-0.15, -0.1) is 0 Å². The number of para-hydroxylation sites is 1. The van der Waals surface area contributed by atoms with Gasteiger partial charge in [0.25, 0.3) is 5.91 Å². The van der Waals surface area contributed by atoms with Gasteiger partial charge in [0.1, 0.15) is 11.8 Å². The van der Waals surface area contributed by atoms with Crippen molar-refractivity contribution in [2.24, 2.45) is 17.1 Å². The Bertz CT molecular complexity index is 859. The Morgan fingerprint density at radius 1 is 1.31 bits per heavy atom. The summed E-state index contributed by atoms with van der Waals surface area (Å²) in [6.45, 7) is 4.77. The second kappa shape index (κ2) is 5.95. The second-order valence-corrected chi connectivity index (χ2v) is 7.42. The molecule has 1 aromatic carbocycles. The molecule has 2 aliphatic rings. The molecule has 1 saturated carbocycles. The van der Waals surface area contributed by atoms with Crippen LogP contribution in [0.15, 0.2) is 36.4 Å². The van der Waals surface area contributed by atoms with Crippen LogP contribution in [0.4, 0.5) is 0 Å². The lowest BCUT2D eigenvalue weighted by Crippen LogP contribution is -2.61. The molecule has 1 saturated heterocycles. The minimum atomic E-state index is -0.659. The van der Waals surface area contributed by atoms with E-state index in [-0.39, 0.29) is 34.9 Å². The van der Waals surface area contributed by atoms with Crippen molar-refractivity contribution in [1.29, 1.82) is 0 Å². The number of rotatable bonds is 4. The molecule has 2 N–H and O–H groups in total. The summed E-state index contributed by atoms with van der Waals surface area (Å²) in [4.78, 5) is 24.4. The maximum Gasteiger partial charge on any atom is 0.359 e. The minimum Gasteiger partial charge on any atom is -0.457 e. The summed E-state index contributed by atoms with van der Waals surface area (Å²) in [7, 11) is 0. The van der Waals surface area contributed by atoms with E-state index in [2.05, 4.69) is 5.10 Å². The monoisotopic (exact) mass is 355 g/mol.